The van der Waals surface area contributed by atoms with Gasteiger partial charge in [-0.25, -0.2) is 0 Å². The van der Waals surface area contributed by atoms with Gasteiger partial charge in [-0.2, -0.15) is 10.5 Å². The lowest BCUT2D eigenvalue weighted by molar-refractivity contribution is 0.354. The van der Waals surface area contributed by atoms with Gasteiger partial charge in [0.2, 0.25) is 0 Å². The third kappa shape index (κ3) is 2.43. The molecule has 0 saturated heterocycles. The number of methoxy groups -OCH3 is 2. The molecule has 0 heterocycles. The summed E-state index contributed by atoms with van der Waals surface area (Å²) in [6, 6.07) is 9.31. The summed E-state index contributed by atoms with van der Waals surface area (Å²) in [5.41, 5.74) is 0.765. The fraction of sp³-hybridized carbons (Fsp3) is 0.333. The maximum absolute atomic E-state index is 8.93. The summed E-state index contributed by atoms with van der Waals surface area (Å²) < 4.78 is 10.2. The first-order valence-electron chi connectivity index (χ1n) is 4.75. The highest BCUT2D eigenvalue weighted by Gasteiger charge is 2.13. The second kappa shape index (κ2) is 5.63. The molecular formula is C12H12N2O2. The smallest absolute Gasteiger partial charge is 0.161 e. The van der Waals surface area contributed by atoms with Gasteiger partial charge in [0, 0.05) is 0 Å². The average Bonchev–Trinajstić information content (AvgIpc) is 2.35. The first-order chi connectivity index (χ1) is 7.76. The van der Waals surface area contributed by atoms with E-state index in [0.717, 1.165) is 5.56 Å². The molecule has 1 aromatic rings. The molecule has 0 aliphatic carbocycles. The van der Waals surface area contributed by atoms with Gasteiger partial charge in [-0.05, 0) is 17.7 Å². The van der Waals surface area contributed by atoms with Crippen LogP contribution in [-0.4, -0.2) is 14.2 Å². The third-order valence-electron chi connectivity index (χ3n) is 2.26. The number of benzene rings is 1. The molecule has 0 amide bonds. The standard InChI is InChI=1S/C12H12N2O2/c1-15-11-4-3-9(7-12(11)16-2)10(8-14)5-6-13/h3-4,7,10H,5H2,1-2H3. The molecule has 0 spiro atoms. The molecule has 0 aliphatic rings. The number of hydrogen-bond donors (Lipinski definition) is 0. The lowest BCUT2D eigenvalue weighted by Crippen LogP contribution is -1.97. The lowest BCUT2D eigenvalue weighted by atomic mass is 9.97. The molecule has 0 N–H and O–H groups in total. The second-order valence-corrected chi connectivity index (χ2v) is 3.16. The predicted molar refractivity (Wildman–Crippen MR) is 58.1 cm³/mol. The molecule has 1 unspecified atom stereocenters. The highest BCUT2D eigenvalue weighted by Crippen LogP contribution is 2.31. The molecule has 4 nitrogen and oxygen atoms in total. The Bertz CT molecular complexity index is 443. The van der Waals surface area contributed by atoms with Crippen molar-refractivity contribution in [2.75, 3.05) is 14.2 Å². The van der Waals surface area contributed by atoms with Crippen LogP contribution in [0.5, 0.6) is 11.5 Å². The molecule has 1 aromatic carbocycles. The monoisotopic (exact) mass is 216 g/mol. The van der Waals surface area contributed by atoms with Crippen molar-refractivity contribution in [1.82, 2.24) is 0 Å². The summed E-state index contributed by atoms with van der Waals surface area (Å²) >= 11 is 0. The van der Waals surface area contributed by atoms with Gasteiger partial charge in [0.25, 0.3) is 0 Å². The summed E-state index contributed by atoms with van der Waals surface area (Å²) in [5, 5.41) is 17.5. The van der Waals surface area contributed by atoms with Gasteiger partial charge < -0.3 is 9.47 Å². The largest absolute Gasteiger partial charge is 0.493 e. The van der Waals surface area contributed by atoms with Gasteiger partial charge in [-0.1, -0.05) is 6.07 Å². The van der Waals surface area contributed by atoms with Crippen molar-refractivity contribution in [3.8, 4) is 23.6 Å². The van der Waals surface area contributed by atoms with Gasteiger partial charge in [0.1, 0.15) is 0 Å². The van der Waals surface area contributed by atoms with Crippen molar-refractivity contribution in [1.29, 1.82) is 10.5 Å². The zero-order chi connectivity index (χ0) is 12.0. The Kier molecular flexibility index (Phi) is 4.17. The van der Waals surface area contributed by atoms with Crippen LogP contribution in [0.4, 0.5) is 0 Å². The summed E-state index contributed by atoms with van der Waals surface area (Å²) in [4.78, 5) is 0. The summed E-state index contributed by atoms with van der Waals surface area (Å²) in [7, 11) is 3.09. The maximum atomic E-state index is 8.93. The molecule has 82 valence electrons. The maximum Gasteiger partial charge on any atom is 0.161 e. The second-order valence-electron chi connectivity index (χ2n) is 3.16. The van der Waals surface area contributed by atoms with Gasteiger partial charge in [-0.3, -0.25) is 0 Å². The lowest BCUT2D eigenvalue weighted by Gasteiger charge is -2.11. The van der Waals surface area contributed by atoms with Crippen LogP contribution in [0.2, 0.25) is 0 Å². The van der Waals surface area contributed by atoms with E-state index in [4.69, 9.17) is 20.0 Å². The van der Waals surface area contributed by atoms with E-state index in [-0.39, 0.29) is 6.42 Å². The van der Waals surface area contributed by atoms with Crippen LogP contribution in [-0.2, 0) is 0 Å². The van der Waals surface area contributed by atoms with Crippen molar-refractivity contribution in [2.45, 2.75) is 12.3 Å². The van der Waals surface area contributed by atoms with Gasteiger partial charge >= 0.3 is 0 Å². The SMILES string of the molecule is COc1ccc(C(C#N)CC#N)cc1OC. The molecule has 0 bridgehead atoms. The molecular weight excluding hydrogens is 204 g/mol. The number of ether oxygens (including phenoxy) is 2. The first kappa shape index (κ1) is 11.9. The minimum atomic E-state index is -0.426. The quantitative estimate of drug-likeness (QED) is 0.774. The van der Waals surface area contributed by atoms with Gasteiger partial charge in [0.05, 0.1) is 38.7 Å². The number of hydrogen-bond acceptors (Lipinski definition) is 4. The Morgan fingerprint density at radius 3 is 2.38 bits per heavy atom. The summed E-state index contributed by atoms with van der Waals surface area (Å²) in [6.45, 7) is 0. The van der Waals surface area contributed by atoms with Crippen molar-refractivity contribution >= 4 is 0 Å². The van der Waals surface area contributed by atoms with Crippen LogP contribution in [0.15, 0.2) is 18.2 Å². The Morgan fingerprint density at radius 1 is 1.19 bits per heavy atom. The first-order valence-corrected chi connectivity index (χ1v) is 4.75. The van der Waals surface area contributed by atoms with E-state index in [9.17, 15) is 0 Å². The minimum absolute atomic E-state index is 0.173. The number of nitrogens with zero attached hydrogens (tertiary/aromatic N) is 2. The van der Waals surface area contributed by atoms with Crippen molar-refractivity contribution in [3.05, 3.63) is 23.8 Å². The molecule has 0 radical (unpaired) electrons. The van der Waals surface area contributed by atoms with E-state index in [0.29, 0.717) is 11.5 Å². The van der Waals surface area contributed by atoms with E-state index in [2.05, 4.69) is 6.07 Å². The molecule has 0 fully saturated rings. The normalized spacial score (nSPS) is 11.0. The van der Waals surface area contributed by atoms with E-state index >= 15 is 0 Å². The fourth-order valence-corrected chi connectivity index (χ4v) is 1.40. The molecule has 0 aromatic heterocycles. The Hall–Kier alpha value is -2.20. The minimum Gasteiger partial charge on any atom is -0.493 e. The zero-order valence-corrected chi connectivity index (χ0v) is 9.23. The van der Waals surface area contributed by atoms with E-state index in [1.807, 2.05) is 6.07 Å². The predicted octanol–water partition coefficient (Wildman–Crippen LogP) is 2.22. The van der Waals surface area contributed by atoms with Crippen LogP contribution in [0.25, 0.3) is 0 Å². The van der Waals surface area contributed by atoms with Crippen LogP contribution in [0.1, 0.15) is 17.9 Å². The highest BCUT2D eigenvalue weighted by atomic mass is 16.5. The Balaban J connectivity index is 3.08. The molecule has 16 heavy (non-hydrogen) atoms. The number of rotatable bonds is 4. The van der Waals surface area contributed by atoms with Crippen molar-refractivity contribution < 1.29 is 9.47 Å². The Labute approximate surface area is 94.6 Å². The highest BCUT2D eigenvalue weighted by molar-refractivity contribution is 5.45. The fourth-order valence-electron chi connectivity index (χ4n) is 1.40. The van der Waals surface area contributed by atoms with Crippen LogP contribution in [0.3, 0.4) is 0 Å². The van der Waals surface area contributed by atoms with E-state index < -0.39 is 5.92 Å². The molecule has 0 saturated carbocycles. The van der Waals surface area contributed by atoms with E-state index in [1.165, 1.54) is 7.11 Å². The van der Waals surface area contributed by atoms with Crippen molar-refractivity contribution in [2.24, 2.45) is 0 Å². The van der Waals surface area contributed by atoms with Gasteiger partial charge in [-0.15, -0.1) is 0 Å². The van der Waals surface area contributed by atoms with Crippen LogP contribution >= 0.6 is 0 Å². The number of nitriles is 2. The van der Waals surface area contributed by atoms with Crippen LogP contribution < -0.4 is 9.47 Å². The molecule has 0 aliphatic heterocycles. The van der Waals surface area contributed by atoms with Crippen LogP contribution in [0, 0.1) is 22.7 Å². The van der Waals surface area contributed by atoms with Crippen molar-refractivity contribution in [3.63, 3.8) is 0 Å². The molecule has 1 atom stereocenters. The summed E-state index contributed by atoms with van der Waals surface area (Å²) in [5.74, 6) is 0.753. The zero-order valence-electron chi connectivity index (χ0n) is 9.23. The molecule has 4 heteroatoms. The Morgan fingerprint density at radius 2 is 1.88 bits per heavy atom. The molecule has 1 rings (SSSR count). The third-order valence-corrected chi connectivity index (χ3v) is 2.26. The van der Waals surface area contributed by atoms with E-state index in [1.54, 1.807) is 25.3 Å². The topological polar surface area (TPSA) is 66.0 Å². The average molecular weight is 216 g/mol. The summed E-state index contributed by atoms with van der Waals surface area (Å²) in [6.07, 6.45) is 0.173. The van der Waals surface area contributed by atoms with Gasteiger partial charge in [0.15, 0.2) is 11.5 Å².